The zero-order chi connectivity index (χ0) is 35.3. The number of ketones is 1. The molecule has 3 rings (SSSR count). The number of carboxylic acids is 1. The van der Waals surface area contributed by atoms with Gasteiger partial charge in [0.15, 0.2) is 5.78 Å². The molecule has 2 aromatic carbocycles. The van der Waals surface area contributed by atoms with Crippen molar-refractivity contribution in [3.8, 4) is 5.75 Å². The van der Waals surface area contributed by atoms with E-state index in [1.54, 1.807) is 0 Å². The summed E-state index contributed by atoms with van der Waals surface area (Å²) in [6, 6.07) is 2.31. The second-order valence-corrected chi connectivity index (χ2v) is 11.2. The second kappa shape index (κ2) is 15.3. The third-order valence-electron chi connectivity index (χ3n) is 6.91. The van der Waals surface area contributed by atoms with Gasteiger partial charge >= 0.3 is 18.5 Å². The number of amides is 1. The highest BCUT2D eigenvalue weighted by Gasteiger charge is 2.41. The number of benzene rings is 2. The van der Waals surface area contributed by atoms with Crippen LogP contribution < -0.4 is 10.1 Å². The monoisotopic (exact) mass is 717 g/mol. The fourth-order valence-electron chi connectivity index (χ4n) is 4.91. The number of carboxylic acid groups (broad SMARTS) is 1. The van der Waals surface area contributed by atoms with Gasteiger partial charge in [0.1, 0.15) is 23.1 Å². The van der Waals surface area contributed by atoms with Crippen LogP contribution in [0.15, 0.2) is 46.6 Å². The number of halogens is 10. The Morgan fingerprint density at radius 2 is 1.53 bits per heavy atom. The number of nitrogens with zero attached hydrogens (tertiary/aromatic N) is 2. The van der Waals surface area contributed by atoms with Gasteiger partial charge in [-0.25, -0.2) is 8.78 Å². The number of carbonyl (C=O) groups is 3. The van der Waals surface area contributed by atoms with Crippen LogP contribution in [0.2, 0.25) is 10.0 Å². The molecular formula is C29H25Cl2F8N3O5. The minimum atomic E-state index is -5.21. The fraction of sp³-hybridized carbons (Fsp3) is 0.379. The summed E-state index contributed by atoms with van der Waals surface area (Å²) < 4.78 is 113. The zero-order valence-electron chi connectivity index (χ0n) is 24.1. The maximum Gasteiger partial charge on any atom is 0.573 e. The van der Waals surface area contributed by atoms with Crippen molar-refractivity contribution in [3.05, 3.63) is 74.4 Å². The summed E-state index contributed by atoms with van der Waals surface area (Å²) in [6.45, 7) is -1.95. The Morgan fingerprint density at radius 3 is 2.00 bits per heavy atom. The first-order valence-electron chi connectivity index (χ1n) is 13.5. The van der Waals surface area contributed by atoms with Gasteiger partial charge in [-0.2, -0.15) is 13.2 Å². The number of hydrogen-bond acceptors (Lipinski definition) is 6. The van der Waals surface area contributed by atoms with E-state index in [1.165, 1.54) is 0 Å². The van der Waals surface area contributed by atoms with Crippen LogP contribution in [0.25, 0.3) is 0 Å². The molecule has 1 amide bonds. The standard InChI is InChI=1S/C29H25Cl2F8N3O5/c1-40-11-20(25(28(34,35)36)41-18-4-2-15(3-5-18)27(45)46)26(44)42(12-14-6-16(32)8-17(33)7-14)13-23(43)24-21(30)9-19(10-22(24)31)47-29(37,38)39/h6-11,15,18,41H,2-5,12-13H2,1H3,(H,45,46)/b25-20+,40-11?. The van der Waals surface area contributed by atoms with Crippen molar-refractivity contribution in [2.75, 3.05) is 13.6 Å². The zero-order valence-corrected chi connectivity index (χ0v) is 25.6. The molecule has 1 saturated carbocycles. The minimum Gasteiger partial charge on any atom is -0.481 e. The lowest BCUT2D eigenvalue weighted by atomic mass is 9.86. The Labute approximate surface area is 272 Å². The Hall–Kier alpha value is -3.92. The lowest BCUT2D eigenvalue weighted by molar-refractivity contribution is -0.274. The molecule has 0 unspecified atom stereocenters. The number of rotatable bonds is 11. The topological polar surface area (TPSA) is 108 Å². The first-order valence-corrected chi connectivity index (χ1v) is 14.3. The molecule has 0 spiro atoms. The number of aliphatic carboxylic acids is 1. The molecule has 0 aromatic heterocycles. The molecule has 1 fully saturated rings. The number of Topliss-reactive ketones (excluding diaryl/α,β-unsaturated/α-hetero) is 1. The molecule has 1 aliphatic carbocycles. The number of hydrogen-bond donors (Lipinski definition) is 2. The molecule has 0 bridgehead atoms. The third kappa shape index (κ3) is 10.5. The van der Waals surface area contributed by atoms with Gasteiger partial charge in [-0.05, 0) is 55.5 Å². The van der Waals surface area contributed by atoms with E-state index in [0.29, 0.717) is 29.3 Å². The van der Waals surface area contributed by atoms with Crippen LogP contribution in [-0.4, -0.2) is 66.1 Å². The molecule has 0 aliphatic heterocycles. The molecule has 2 N–H and O–H groups in total. The smallest absolute Gasteiger partial charge is 0.481 e. The average molecular weight is 718 g/mol. The first-order chi connectivity index (χ1) is 21.8. The molecule has 18 heteroatoms. The van der Waals surface area contributed by atoms with Crippen LogP contribution in [0.3, 0.4) is 0 Å². The van der Waals surface area contributed by atoms with Crippen molar-refractivity contribution in [2.45, 2.75) is 50.8 Å². The predicted octanol–water partition coefficient (Wildman–Crippen LogP) is 7.13. The van der Waals surface area contributed by atoms with Crippen molar-refractivity contribution in [1.29, 1.82) is 0 Å². The third-order valence-corrected chi connectivity index (χ3v) is 7.51. The summed E-state index contributed by atoms with van der Waals surface area (Å²) in [5.74, 6) is -7.61. The Kier molecular flexibility index (Phi) is 12.2. The molecule has 1 aliphatic rings. The normalized spacial score (nSPS) is 17.7. The van der Waals surface area contributed by atoms with Crippen LogP contribution in [0.1, 0.15) is 41.6 Å². The van der Waals surface area contributed by atoms with Crippen LogP contribution in [0.4, 0.5) is 35.1 Å². The van der Waals surface area contributed by atoms with E-state index in [9.17, 15) is 54.6 Å². The summed E-state index contributed by atoms with van der Waals surface area (Å²) in [7, 11) is 1.06. The molecule has 0 radical (unpaired) electrons. The van der Waals surface area contributed by atoms with Crippen LogP contribution in [0.5, 0.6) is 5.75 Å². The van der Waals surface area contributed by atoms with Crippen LogP contribution in [0, 0.1) is 17.6 Å². The summed E-state index contributed by atoms with van der Waals surface area (Å²) in [5.41, 5.74) is -3.57. The van der Waals surface area contributed by atoms with Gasteiger partial charge in [0, 0.05) is 31.9 Å². The molecule has 0 atom stereocenters. The largest absolute Gasteiger partial charge is 0.573 e. The minimum absolute atomic E-state index is 0.0110. The molecule has 0 heterocycles. The molecule has 2 aromatic rings. The van der Waals surface area contributed by atoms with Gasteiger partial charge in [-0.15, -0.1) is 13.2 Å². The molecular weight excluding hydrogens is 693 g/mol. The highest BCUT2D eigenvalue weighted by molar-refractivity contribution is 6.40. The second-order valence-electron chi connectivity index (χ2n) is 10.4. The average Bonchev–Trinajstić information content (AvgIpc) is 2.92. The number of alkyl halides is 6. The SMILES string of the molecule is CN=C/C(C(=O)N(CC(=O)c1c(Cl)cc(OC(F)(F)F)cc1Cl)Cc1cc(F)cc(F)c1)=C(\NC1CCC(C(=O)O)CC1)C(F)(F)F. The summed E-state index contributed by atoms with van der Waals surface area (Å²) in [6.07, 6.45) is -9.66. The van der Waals surface area contributed by atoms with Crippen LogP contribution >= 0.6 is 23.2 Å². The van der Waals surface area contributed by atoms with E-state index in [0.717, 1.165) is 19.2 Å². The van der Waals surface area contributed by atoms with Gasteiger partial charge in [0.2, 0.25) is 0 Å². The Bertz CT molecular complexity index is 1530. The van der Waals surface area contributed by atoms with E-state index in [1.807, 2.05) is 0 Å². The number of allylic oxidation sites excluding steroid dienone is 1. The van der Waals surface area contributed by atoms with E-state index < -0.39 is 99.5 Å². The highest BCUT2D eigenvalue weighted by Crippen LogP contribution is 2.35. The van der Waals surface area contributed by atoms with Crippen molar-refractivity contribution >= 4 is 47.1 Å². The lowest BCUT2D eigenvalue weighted by Crippen LogP contribution is -2.43. The van der Waals surface area contributed by atoms with Crippen molar-refractivity contribution in [1.82, 2.24) is 10.2 Å². The predicted molar refractivity (Wildman–Crippen MR) is 153 cm³/mol. The van der Waals surface area contributed by atoms with Crippen molar-refractivity contribution in [2.24, 2.45) is 10.9 Å². The molecule has 256 valence electrons. The molecule has 47 heavy (non-hydrogen) atoms. The first kappa shape index (κ1) is 37.5. The van der Waals surface area contributed by atoms with Gasteiger partial charge in [-0.3, -0.25) is 19.4 Å². The van der Waals surface area contributed by atoms with Crippen LogP contribution in [-0.2, 0) is 16.1 Å². The Balaban J connectivity index is 2.07. The van der Waals surface area contributed by atoms with E-state index in [4.69, 9.17) is 23.2 Å². The van der Waals surface area contributed by atoms with E-state index >= 15 is 0 Å². The number of aliphatic imine (C=N–C) groups is 1. The van der Waals surface area contributed by atoms with E-state index in [-0.39, 0.29) is 31.2 Å². The highest BCUT2D eigenvalue weighted by atomic mass is 35.5. The number of carbonyl (C=O) groups excluding carboxylic acids is 2. The Morgan fingerprint density at radius 1 is 0.979 bits per heavy atom. The summed E-state index contributed by atoms with van der Waals surface area (Å²) in [5, 5.41) is 10.1. The fourth-order valence-corrected chi connectivity index (χ4v) is 5.59. The summed E-state index contributed by atoms with van der Waals surface area (Å²) >= 11 is 12.0. The van der Waals surface area contributed by atoms with E-state index in [2.05, 4.69) is 15.0 Å². The molecule has 0 saturated heterocycles. The quantitative estimate of drug-likeness (QED) is 0.111. The maximum absolute atomic E-state index is 14.5. The number of ether oxygens (including phenoxy) is 1. The maximum atomic E-state index is 14.5. The van der Waals surface area contributed by atoms with Gasteiger partial charge in [0.05, 0.1) is 33.6 Å². The molecule has 8 nitrogen and oxygen atoms in total. The van der Waals surface area contributed by atoms with Crippen molar-refractivity contribution < 1.29 is 59.4 Å². The van der Waals surface area contributed by atoms with Gasteiger partial charge in [0.25, 0.3) is 5.91 Å². The van der Waals surface area contributed by atoms with Gasteiger partial charge < -0.3 is 20.1 Å². The summed E-state index contributed by atoms with van der Waals surface area (Å²) in [4.78, 5) is 42.5. The van der Waals surface area contributed by atoms with Gasteiger partial charge in [-0.1, -0.05) is 23.2 Å². The number of nitrogens with one attached hydrogen (secondary N) is 1. The lowest BCUT2D eigenvalue weighted by Gasteiger charge is -2.31. The van der Waals surface area contributed by atoms with Crippen molar-refractivity contribution in [3.63, 3.8) is 0 Å².